The first kappa shape index (κ1) is 23.5. The highest BCUT2D eigenvalue weighted by Gasteiger charge is 2.33. The number of anilines is 2. The van der Waals surface area contributed by atoms with Crippen molar-refractivity contribution in [3.8, 4) is 0 Å². The van der Waals surface area contributed by atoms with Gasteiger partial charge in [0.05, 0.1) is 0 Å². The lowest BCUT2D eigenvalue weighted by Crippen LogP contribution is -2.32. The van der Waals surface area contributed by atoms with E-state index in [1.807, 2.05) is 32.9 Å². The smallest absolute Gasteiger partial charge is 0.227 e. The average Bonchev–Trinajstić information content (AvgIpc) is 2.72. The molecule has 2 unspecified atom stereocenters. The van der Waals surface area contributed by atoms with E-state index in [2.05, 4.69) is 43.5 Å². The number of nitrogens with one attached hydrogen (secondary N) is 2. The second kappa shape index (κ2) is 8.27. The molecule has 0 aromatic heterocycles. The number of rotatable bonds is 4. The SMILES string of the molecule is CC1Cc2cc(C(C)(C)CCC3Cc4cc(C(C)(C)C)ccc4NC3=O)c(F)cc2NC1=O. The molecule has 2 amide bonds. The first-order valence-corrected chi connectivity index (χ1v) is 11.9. The first-order valence-electron chi connectivity index (χ1n) is 11.9. The van der Waals surface area contributed by atoms with Gasteiger partial charge in [0.1, 0.15) is 5.82 Å². The van der Waals surface area contributed by atoms with Crippen molar-refractivity contribution in [1.82, 2.24) is 0 Å². The summed E-state index contributed by atoms with van der Waals surface area (Å²) in [6.45, 7) is 12.5. The van der Waals surface area contributed by atoms with Gasteiger partial charge in [0.15, 0.2) is 0 Å². The van der Waals surface area contributed by atoms with Gasteiger partial charge in [-0.05, 0) is 70.9 Å². The molecular weight excluding hydrogens is 415 g/mol. The van der Waals surface area contributed by atoms with Crippen LogP contribution in [0.3, 0.4) is 0 Å². The summed E-state index contributed by atoms with van der Waals surface area (Å²) in [7, 11) is 0. The van der Waals surface area contributed by atoms with Crippen LogP contribution in [0.5, 0.6) is 0 Å². The highest BCUT2D eigenvalue weighted by molar-refractivity contribution is 5.96. The Labute approximate surface area is 196 Å². The summed E-state index contributed by atoms with van der Waals surface area (Å²) < 4.78 is 15.1. The first-order chi connectivity index (χ1) is 15.3. The van der Waals surface area contributed by atoms with Crippen molar-refractivity contribution < 1.29 is 14.0 Å². The van der Waals surface area contributed by atoms with Crippen LogP contribution in [0.25, 0.3) is 0 Å². The molecule has 2 aromatic rings. The van der Waals surface area contributed by atoms with Crippen LogP contribution in [0.2, 0.25) is 0 Å². The molecule has 2 aromatic carbocycles. The predicted molar refractivity (Wildman–Crippen MR) is 131 cm³/mol. The molecule has 33 heavy (non-hydrogen) atoms. The normalized spacial score (nSPS) is 20.6. The Morgan fingerprint density at radius 1 is 0.909 bits per heavy atom. The van der Waals surface area contributed by atoms with Crippen molar-refractivity contribution >= 4 is 23.2 Å². The summed E-state index contributed by atoms with van der Waals surface area (Å²) in [5, 5.41) is 5.88. The number of hydrogen-bond donors (Lipinski definition) is 2. The molecule has 2 heterocycles. The molecule has 176 valence electrons. The zero-order chi connectivity index (χ0) is 24.1. The van der Waals surface area contributed by atoms with Crippen LogP contribution in [0.15, 0.2) is 30.3 Å². The maximum atomic E-state index is 15.1. The van der Waals surface area contributed by atoms with Crippen LogP contribution in [0.4, 0.5) is 15.8 Å². The molecule has 0 aliphatic carbocycles. The summed E-state index contributed by atoms with van der Waals surface area (Å²) in [4.78, 5) is 24.7. The summed E-state index contributed by atoms with van der Waals surface area (Å²) in [6, 6.07) is 9.67. The van der Waals surface area contributed by atoms with Gasteiger partial charge in [0.25, 0.3) is 0 Å². The van der Waals surface area contributed by atoms with E-state index >= 15 is 4.39 Å². The molecule has 0 radical (unpaired) electrons. The van der Waals surface area contributed by atoms with Crippen molar-refractivity contribution in [2.45, 2.75) is 78.1 Å². The van der Waals surface area contributed by atoms with Crippen molar-refractivity contribution in [2.75, 3.05) is 10.6 Å². The Balaban J connectivity index is 1.51. The molecule has 2 aliphatic rings. The van der Waals surface area contributed by atoms with E-state index < -0.39 is 5.41 Å². The molecule has 0 bridgehead atoms. The molecule has 0 fully saturated rings. The van der Waals surface area contributed by atoms with Gasteiger partial charge < -0.3 is 10.6 Å². The lowest BCUT2D eigenvalue weighted by Gasteiger charge is -2.32. The monoisotopic (exact) mass is 450 g/mol. The van der Waals surface area contributed by atoms with Crippen LogP contribution in [-0.4, -0.2) is 11.8 Å². The van der Waals surface area contributed by atoms with Crippen molar-refractivity contribution in [1.29, 1.82) is 0 Å². The van der Waals surface area contributed by atoms with Crippen molar-refractivity contribution in [2.24, 2.45) is 11.8 Å². The molecule has 5 heteroatoms. The fourth-order valence-electron chi connectivity index (χ4n) is 4.95. The van der Waals surface area contributed by atoms with Crippen LogP contribution in [0, 0.1) is 17.7 Å². The fourth-order valence-corrected chi connectivity index (χ4v) is 4.95. The largest absolute Gasteiger partial charge is 0.326 e. The van der Waals surface area contributed by atoms with Crippen LogP contribution in [0.1, 0.15) is 76.6 Å². The topological polar surface area (TPSA) is 58.2 Å². The maximum Gasteiger partial charge on any atom is 0.227 e. The summed E-state index contributed by atoms with van der Waals surface area (Å²) >= 11 is 0. The van der Waals surface area contributed by atoms with Gasteiger partial charge in [-0.1, -0.05) is 59.7 Å². The predicted octanol–water partition coefficient (Wildman–Crippen LogP) is 6.12. The summed E-state index contributed by atoms with van der Waals surface area (Å²) in [6.07, 6.45) is 2.69. The van der Waals surface area contributed by atoms with E-state index in [1.165, 1.54) is 17.2 Å². The minimum atomic E-state index is -0.433. The van der Waals surface area contributed by atoms with Crippen molar-refractivity contribution in [3.63, 3.8) is 0 Å². The Bertz CT molecular complexity index is 1110. The number of carbonyl (C=O) groups is 2. The second-order valence-electron chi connectivity index (χ2n) is 11.5. The molecule has 2 atom stereocenters. The third-order valence-electron chi connectivity index (χ3n) is 7.34. The lowest BCUT2D eigenvalue weighted by molar-refractivity contribution is -0.120. The molecule has 0 saturated heterocycles. The number of carbonyl (C=O) groups excluding carboxylic acids is 2. The molecular formula is C28H35FN2O2. The summed E-state index contributed by atoms with van der Waals surface area (Å²) in [5.74, 6) is -0.576. The van der Waals surface area contributed by atoms with Gasteiger partial charge in [-0.3, -0.25) is 9.59 Å². The second-order valence-corrected chi connectivity index (χ2v) is 11.5. The molecule has 0 saturated carbocycles. The Hall–Kier alpha value is -2.69. The molecule has 4 rings (SSSR count). The Kier molecular flexibility index (Phi) is 5.88. The zero-order valence-corrected chi connectivity index (χ0v) is 20.6. The average molecular weight is 451 g/mol. The van der Waals surface area contributed by atoms with E-state index in [4.69, 9.17) is 0 Å². The van der Waals surface area contributed by atoms with Gasteiger partial charge >= 0.3 is 0 Å². The van der Waals surface area contributed by atoms with Gasteiger partial charge in [0.2, 0.25) is 11.8 Å². The third kappa shape index (κ3) is 4.68. The zero-order valence-electron chi connectivity index (χ0n) is 20.6. The molecule has 4 nitrogen and oxygen atoms in total. The van der Waals surface area contributed by atoms with Crippen LogP contribution in [-0.2, 0) is 33.3 Å². The number of fused-ring (bicyclic) bond motifs is 2. The van der Waals surface area contributed by atoms with Crippen LogP contribution < -0.4 is 10.6 Å². The molecule has 2 N–H and O–H groups in total. The number of halogens is 1. The number of hydrogen-bond acceptors (Lipinski definition) is 2. The van der Waals surface area contributed by atoms with E-state index in [0.717, 1.165) is 11.3 Å². The van der Waals surface area contributed by atoms with E-state index in [9.17, 15) is 9.59 Å². The fraction of sp³-hybridized carbons (Fsp3) is 0.500. The van der Waals surface area contributed by atoms with Gasteiger partial charge in [-0.2, -0.15) is 0 Å². The number of amides is 2. The highest BCUT2D eigenvalue weighted by Crippen LogP contribution is 2.38. The Morgan fingerprint density at radius 2 is 1.58 bits per heavy atom. The van der Waals surface area contributed by atoms with E-state index in [-0.39, 0.29) is 34.9 Å². The van der Waals surface area contributed by atoms with E-state index in [1.54, 1.807) is 0 Å². The Morgan fingerprint density at radius 3 is 2.27 bits per heavy atom. The third-order valence-corrected chi connectivity index (χ3v) is 7.34. The quantitative estimate of drug-likeness (QED) is 0.589. The molecule has 0 spiro atoms. The van der Waals surface area contributed by atoms with Gasteiger partial charge in [-0.25, -0.2) is 4.39 Å². The highest BCUT2D eigenvalue weighted by atomic mass is 19.1. The minimum absolute atomic E-state index is 0.0456. The summed E-state index contributed by atoms with van der Waals surface area (Å²) in [5.41, 5.74) is 5.16. The van der Waals surface area contributed by atoms with Gasteiger partial charge in [-0.15, -0.1) is 0 Å². The van der Waals surface area contributed by atoms with Gasteiger partial charge in [0, 0.05) is 23.2 Å². The van der Waals surface area contributed by atoms with Crippen molar-refractivity contribution in [3.05, 3.63) is 58.4 Å². The number of benzene rings is 2. The van der Waals surface area contributed by atoms with E-state index in [0.29, 0.717) is 36.9 Å². The lowest BCUT2D eigenvalue weighted by atomic mass is 9.75. The maximum absolute atomic E-state index is 15.1. The molecule has 2 aliphatic heterocycles. The minimum Gasteiger partial charge on any atom is -0.326 e. The van der Waals surface area contributed by atoms with Crippen LogP contribution >= 0.6 is 0 Å². The standard InChI is InChI=1S/C28H35FN2O2/c1-16-11-18-14-21(22(29)15-24(18)31-25(16)32)28(5,6)10-9-17-12-19-13-20(27(2,3)4)7-8-23(19)30-26(17)33/h7-8,13-17H,9-12H2,1-6H3,(H,30,33)(H,31,32).